The molecule has 2 aromatic rings. The molecule has 1 aromatic carbocycles. The van der Waals surface area contributed by atoms with Crippen LogP contribution in [0.2, 0.25) is 0 Å². The molecule has 1 nitrogen and oxygen atoms in total. The minimum absolute atomic E-state index is 0.697. The Balaban J connectivity index is 2.25. The van der Waals surface area contributed by atoms with Crippen molar-refractivity contribution in [3.05, 3.63) is 40.6 Å². The Kier molecular flexibility index (Phi) is 2.24. The number of rotatable bonds is 1. The molecule has 0 amide bonds. The van der Waals surface area contributed by atoms with E-state index in [-0.39, 0.29) is 0 Å². The van der Waals surface area contributed by atoms with Gasteiger partial charge in [-0.2, -0.15) is 0 Å². The van der Waals surface area contributed by atoms with Gasteiger partial charge in [0, 0.05) is 22.0 Å². The van der Waals surface area contributed by atoms with E-state index in [1.165, 1.54) is 35.7 Å². The summed E-state index contributed by atoms with van der Waals surface area (Å²) in [7, 11) is 0. The van der Waals surface area contributed by atoms with Crippen LogP contribution in [0.3, 0.4) is 0 Å². The summed E-state index contributed by atoms with van der Waals surface area (Å²) in [5.41, 5.74) is 1.29. The highest BCUT2D eigenvalue weighted by Crippen LogP contribution is 2.39. The second kappa shape index (κ2) is 3.60. The van der Waals surface area contributed by atoms with Crippen LogP contribution in [0.1, 0.15) is 30.9 Å². The Labute approximate surface area is 97.7 Å². The first-order valence-corrected chi connectivity index (χ1v) is 6.18. The molecule has 1 saturated carbocycles. The van der Waals surface area contributed by atoms with Gasteiger partial charge in [0.05, 0.1) is 5.69 Å². The summed E-state index contributed by atoms with van der Waals surface area (Å²) >= 11 is 3.56. The fourth-order valence-corrected chi connectivity index (χ4v) is 2.64. The summed E-state index contributed by atoms with van der Waals surface area (Å²) in [5, 5.41) is 2.60. The third kappa shape index (κ3) is 1.48. The van der Waals surface area contributed by atoms with Gasteiger partial charge in [0.25, 0.3) is 0 Å². The number of halogens is 1. The SMILES string of the molecule is Brc1cnc(C2CCC2)c2ccccc12. The van der Waals surface area contributed by atoms with E-state index < -0.39 is 0 Å². The van der Waals surface area contributed by atoms with E-state index in [2.05, 4.69) is 45.2 Å². The Morgan fingerprint density at radius 3 is 2.53 bits per heavy atom. The summed E-state index contributed by atoms with van der Waals surface area (Å²) < 4.78 is 1.10. The lowest BCUT2D eigenvalue weighted by atomic mass is 9.81. The van der Waals surface area contributed by atoms with Gasteiger partial charge in [-0.15, -0.1) is 0 Å². The molecule has 0 saturated heterocycles. The van der Waals surface area contributed by atoms with E-state index in [1.807, 2.05) is 6.20 Å². The summed E-state index contributed by atoms with van der Waals surface area (Å²) in [5.74, 6) is 0.697. The molecule has 3 rings (SSSR count). The number of hydrogen-bond acceptors (Lipinski definition) is 1. The molecule has 1 aromatic heterocycles. The maximum absolute atomic E-state index is 4.58. The number of pyridine rings is 1. The van der Waals surface area contributed by atoms with Gasteiger partial charge < -0.3 is 0 Å². The molecule has 1 aliphatic rings. The quantitative estimate of drug-likeness (QED) is 0.748. The van der Waals surface area contributed by atoms with Crippen molar-refractivity contribution in [1.29, 1.82) is 0 Å². The topological polar surface area (TPSA) is 12.9 Å². The monoisotopic (exact) mass is 261 g/mol. The average Bonchev–Trinajstić information content (AvgIpc) is 2.20. The lowest BCUT2D eigenvalue weighted by Crippen LogP contribution is -2.11. The zero-order valence-electron chi connectivity index (χ0n) is 8.41. The number of aromatic nitrogens is 1. The minimum Gasteiger partial charge on any atom is -0.259 e. The van der Waals surface area contributed by atoms with Crippen molar-refractivity contribution in [2.75, 3.05) is 0 Å². The molecule has 0 atom stereocenters. The second-order valence-electron chi connectivity index (χ2n) is 4.16. The molecule has 15 heavy (non-hydrogen) atoms. The molecule has 0 bridgehead atoms. The molecule has 1 heterocycles. The fourth-order valence-electron chi connectivity index (χ4n) is 2.19. The van der Waals surface area contributed by atoms with Gasteiger partial charge in [-0.3, -0.25) is 4.98 Å². The van der Waals surface area contributed by atoms with E-state index in [0.29, 0.717) is 5.92 Å². The van der Waals surface area contributed by atoms with Crippen LogP contribution in [0.25, 0.3) is 10.8 Å². The smallest absolute Gasteiger partial charge is 0.0513 e. The molecule has 0 radical (unpaired) electrons. The van der Waals surface area contributed by atoms with E-state index in [0.717, 1.165) is 4.47 Å². The summed E-state index contributed by atoms with van der Waals surface area (Å²) in [4.78, 5) is 4.58. The van der Waals surface area contributed by atoms with Crippen LogP contribution in [0.4, 0.5) is 0 Å². The van der Waals surface area contributed by atoms with Crippen LogP contribution >= 0.6 is 15.9 Å². The summed E-state index contributed by atoms with van der Waals surface area (Å²) in [6.07, 6.45) is 5.91. The third-order valence-electron chi connectivity index (χ3n) is 3.27. The van der Waals surface area contributed by atoms with E-state index in [1.54, 1.807) is 0 Å². The highest BCUT2D eigenvalue weighted by molar-refractivity contribution is 9.10. The standard InChI is InChI=1S/C13H12BrN/c14-12-8-15-13(9-4-3-5-9)11-7-2-1-6-10(11)12/h1-2,6-9H,3-5H2. The van der Waals surface area contributed by atoms with E-state index >= 15 is 0 Å². The first kappa shape index (κ1) is 9.34. The Hall–Kier alpha value is -0.890. The lowest BCUT2D eigenvalue weighted by Gasteiger charge is -2.26. The first-order chi connectivity index (χ1) is 7.36. The molecule has 0 N–H and O–H groups in total. The van der Waals surface area contributed by atoms with Crippen LogP contribution < -0.4 is 0 Å². The highest BCUT2D eigenvalue weighted by Gasteiger charge is 2.22. The second-order valence-corrected chi connectivity index (χ2v) is 5.02. The molecule has 0 aliphatic heterocycles. The maximum Gasteiger partial charge on any atom is 0.0513 e. The van der Waals surface area contributed by atoms with Crippen LogP contribution in [-0.4, -0.2) is 4.98 Å². The van der Waals surface area contributed by atoms with Crippen molar-refractivity contribution < 1.29 is 0 Å². The van der Waals surface area contributed by atoms with E-state index in [9.17, 15) is 0 Å². The van der Waals surface area contributed by atoms with Crippen LogP contribution in [0, 0.1) is 0 Å². The van der Waals surface area contributed by atoms with Crippen molar-refractivity contribution in [2.45, 2.75) is 25.2 Å². The Morgan fingerprint density at radius 2 is 1.87 bits per heavy atom. The van der Waals surface area contributed by atoms with Crippen molar-refractivity contribution in [1.82, 2.24) is 4.98 Å². The minimum atomic E-state index is 0.697. The van der Waals surface area contributed by atoms with Crippen molar-refractivity contribution >= 4 is 26.7 Å². The fraction of sp³-hybridized carbons (Fsp3) is 0.308. The molecule has 2 heteroatoms. The predicted octanol–water partition coefficient (Wildman–Crippen LogP) is 4.26. The highest BCUT2D eigenvalue weighted by atomic mass is 79.9. The molecule has 0 unspecified atom stereocenters. The average molecular weight is 262 g/mol. The summed E-state index contributed by atoms with van der Waals surface area (Å²) in [6, 6.07) is 8.51. The van der Waals surface area contributed by atoms with Gasteiger partial charge in [-0.05, 0) is 34.2 Å². The molecule has 1 fully saturated rings. The van der Waals surface area contributed by atoms with E-state index in [4.69, 9.17) is 0 Å². The first-order valence-electron chi connectivity index (χ1n) is 5.39. The molecular formula is C13H12BrN. The molecule has 1 aliphatic carbocycles. The third-order valence-corrected chi connectivity index (χ3v) is 3.90. The molecule has 0 spiro atoms. The molecular weight excluding hydrogens is 250 g/mol. The van der Waals surface area contributed by atoms with Gasteiger partial charge in [0.2, 0.25) is 0 Å². The van der Waals surface area contributed by atoms with Crippen molar-refractivity contribution in [3.8, 4) is 0 Å². The number of nitrogens with zero attached hydrogens (tertiary/aromatic N) is 1. The van der Waals surface area contributed by atoms with Gasteiger partial charge in [0.15, 0.2) is 0 Å². The predicted molar refractivity (Wildman–Crippen MR) is 66.0 cm³/mol. The van der Waals surface area contributed by atoms with Gasteiger partial charge >= 0.3 is 0 Å². The zero-order chi connectivity index (χ0) is 10.3. The molecule has 76 valence electrons. The van der Waals surface area contributed by atoms with Gasteiger partial charge in [-0.25, -0.2) is 0 Å². The normalized spacial score (nSPS) is 16.6. The van der Waals surface area contributed by atoms with Crippen LogP contribution in [-0.2, 0) is 0 Å². The van der Waals surface area contributed by atoms with Crippen LogP contribution in [0.15, 0.2) is 34.9 Å². The maximum atomic E-state index is 4.58. The number of fused-ring (bicyclic) bond motifs is 1. The number of benzene rings is 1. The largest absolute Gasteiger partial charge is 0.259 e. The Morgan fingerprint density at radius 1 is 1.13 bits per heavy atom. The Bertz CT molecular complexity index is 503. The number of hydrogen-bond donors (Lipinski definition) is 0. The van der Waals surface area contributed by atoms with Crippen LogP contribution in [0.5, 0.6) is 0 Å². The van der Waals surface area contributed by atoms with Crippen molar-refractivity contribution in [2.24, 2.45) is 0 Å². The van der Waals surface area contributed by atoms with Crippen molar-refractivity contribution in [3.63, 3.8) is 0 Å². The zero-order valence-corrected chi connectivity index (χ0v) is 10.00. The van der Waals surface area contributed by atoms with Gasteiger partial charge in [0.1, 0.15) is 0 Å². The van der Waals surface area contributed by atoms with Gasteiger partial charge in [-0.1, -0.05) is 30.7 Å². The lowest BCUT2D eigenvalue weighted by molar-refractivity contribution is 0.414. The summed E-state index contributed by atoms with van der Waals surface area (Å²) in [6.45, 7) is 0.